The van der Waals surface area contributed by atoms with Crippen LogP contribution in [0.15, 0.2) is 42.6 Å². The van der Waals surface area contributed by atoms with Crippen LogP contribution in [-0.4, -0.2) is 34.9 Å². The Morgan fingerprint density at radius 2 is 1.96 bits per heavy atom. The lowest BCUT2D eigenvalue weighted by molar-refractivity contribution is 0.0729. The third-order valence-corrected chi connectivity index (χ3v) is 5.81. The molecule has 1 aromatic heterocycles. The molecule has 1 fully saturated rings. The van der Waals surface area contributed by atoms with Crippen LogP contribution in [-0.2, 0) is 13.0 Å². The van der Waals surface area contributed by atoms with Gasteiger partial charge in [-0.3, -0.25) is 4.79 Å². The van der Waals surface area contributed by atoms with E-state index in [1.807, 2.05) is 23.2 Å². The van der Waals surface area contributed by atoms with Crippen molar-refractivity contribution >= 4 is 11.6 Å². The number of rotatable bonds is 3. The van der Waals surface area contributed by atoms with Gasteiger partial charge in [0.1, 0.15) is 5.69 Å². The van der Waals surface area contributed by atoms with Crippen LogP contribution in [0.25, 0.3) is 0 Å². The largest absolute Gasteiger partial charge is 0.367 e. The standard InChI is InChI=1S/C22H27N3O/c1-2-19-9-5-6-13-25(19)20-10-11-21(23-15-20)22(26)24-14-12-17-7-3-4-8-18(17)16-24/h3-4,7-8,10-11,15,19H,2,5-6,9,12-14,16H2,1H3. The number of fused-ring (bicyclic) bond motifs is 1. The second-order valence-electron chi connectivity index (χ2n) is 7.40. The molecule has 4 heteroatoms. The summed E-state index contributed by atoms with van der Waals surface area (Å²) in [6, 6.07) is 13.0. The molecule has 2 aliphatic rings. The molecule has 0 N–H and O–H groups in total. The number of amides is 1. The Labute approximate surface area is 155 Å². The van der Waals surface area contributed by atoms with Gasteiger partial charge in [0.2, 0.25) is 0 Å². The van der Waals surface area contributed by atoms with Crippen molar-refractivity contribution < 1.29 is 4.79 Å². The van der Waals surface area contributed by atoms with E-state index < -0.39 is 0 Å². The number of aromatic nitrogens is 1. The maximum absolute atomic E-state index is 12.9. The van der Waals surface area contributed by atoms with Gasteiger partial charge in [-0.2, -0.15) is 0 Å². The molecule has 1 atom stereocenters. The Morgan fingerprint density at radius 1 is 1.12 bits per heavy atom. The zero-order valence-corrected chi connectivity index (χ0v) is 15.5. The molecule has 1 aromatic carbocycles. The van der Waals surface area contributed by atoms with Crippen LogP contribution in [0.2, 0.25) is 0 Å². The van der Waals surface area contributed by atoms with E-state index in [1.54, 1.807) is 0 Å². The lowest BCUT2D eigenvalue weighted by atomic mass is 9.99. The fourth-order valence-electron chi connectivity index (χ4n) is 4.28. The Morgan fingerprint density at radius 3 is 2.73 bits per heavy atom. The molecule has 0 spiro atoms. The van der Waals surface area contributed by atoms with Crippen LogP contribution in [0.1, 0.15) is 54.2 Å². The second-order valence-corrected chi connectivity index (χ2v) is 7.40. The highest BCUT2D eigenvalue weighted by Gasteiger charge is 2.24. The van der Waals surface area contributed by atoms with Crippen molar-refractivity contribution in [1.29, 1.82) is 0 Å². The highest BCUT2D eigenvalue weighted by atomic mass is 16.2. The minimum Gasteiger partial charge on any atom is -0.367 e. The van der Waals surface area contributed by atoms with Crippen LogP contribution < -0.4 is 4.90 Å². The van der Waals surface area contributed by atoms with E-state index in [0.29, 0.717) is 18.3 Å². The topological polar surface area (TPSA) is 36.4 Å². The lowest BCUT2D eigenvalue weighted by Crippen LogP contribution is -2.39. The third kappa shape index (κ3) is 3.33. The van der Waals surface area contributed by atoms with Gasteiger partial charge in [-0.1, -0.05) is 31.2 Å². The van der Waals surface area contributed by atoms with Crippen molar-refractivity contribution in [3.8, 4) is 0 Å². The van der Waals surface area contributed by atoms with Gasteiger partial charge in [-0.15, -0.1) is 0 Å². The van der Waals surface area contributed by atoms with Crippen LogP contribution >= 0.6 is 0 Å². The first kappa shape index (κ1) is 17.1. The molecule has 2 aromatic rings. The SMILES string of the molecule is CCC1CCCCN1c1ccc(C(=O)N2CCc3ccccc3C2)nc1. The van der Waals surface area contributed by atoms with E-state index >= 15 is 0 Å². The summed E-state index contributed by atoms with van der Waals surface area (Å²) in [5, 5.41) is 0. The predicted octanol–water partition coefficient (Wildman–Crippen LogP) is 4.05. The molecular formula is C22H27N3O. The van der Waals surface area contributed by atoms with Gasteiger partial charge >= 0.3 is 0 Å². The number of hydrogen-bond donors (Lipinski definition) is 0. The summed E-state index contributed by atoms with van der Waals surface area (Å²) in [4.78, 5) is 21.8. The highest BCUT2D eigenvalue weighted by Crippen LogP contribution is 2.26. The van der Waals surface area contributed by atoms with Crippen molar-refractivity contribution in [3.63, 3.8) is 0 Å². The Bertz CT molecular complexity index is 771. The summed E-state index contributed by atoms with van der Waals surface area (Å²) < 4.78 is 0. The fourth-order valence-corrected chi connectivity index (χ4v) is 4.28. The van der Waals surface area contributed by atoms with Crippen molar-refractivity contribution in [2.24, 2.45) is 0 Å². The summed E-state index contributed by atoms with van der Waals surface area (Å²) in [7, 11) is 0. The molecule has 1 amide bonds. The molecule has 4 rings (SSSR count). The number of nitrogens with zero attached hydrogens (tertiary/aromatic N) is 3. The van der Waals surface area contributed by atoms with Crippen LogP contribution in [0, 0.1) is 0 Å². The molecule has 3 heterocycles. The number of pyridine rings is 1. The monoisotopic (exact) mass is 349 g/mol. The number of piperidine rings is 1. The minimum absolute atomic E-state index is 0.0386. The second kappa shape index (κ2) is 7.48. The maximum atomic E-state index is 12.9. The molecule has 0 aliphatic carbocycles. The average molecular weight is 349 g/mol. The summed E-state index contributed by atoms with van der Waals surface area (Å²) in [5.41, 5.74) is 4.31. The van der Waals surface area contributed by atoms with Gasteiger partial charge in [-0.05, 0) is 55.4 Å². The van der Waals surface area contributed by atoms with E-state index in [2.05, 4.69) is 41.1 Å². The smallest absolute Gasteiger partial charge is 0.272 e. The third-order valence-electron chi connectivity index (χ3n) is 5.81. The molecule has 2 aliphatic heterocycles. The van der Waals surface area contributed by atoms with Crippen molar-refractivity contribution in [2.75, 3.05) is 18.0 Å². The molecule has 1 saturated heterocycles. The Kier molecular flexibility index (Phi) is 4.91. The number of benzene rings is 1. The quantitative estimate of drug-likeness (QED) is 0.839. The number of anilines is 1. The first-order valence-electron chi connectivity index (χ1n) is 9.85. The number of carbonyl (C=O) groups excluding carboxylic acids is 1. The predicted molar refractivity (Wildman–Crippen MR) is 104 cm³/mol. The van der Waals surface area contributed by atoms with Crippen LogP contribution in [0.4, 0.5) is 5.69 Å². The van der Waals surface area contributed by atoms with E-state index in [4.69, 9.17) is 0 Å². The summed E-state index contributed by atoms with van der Waals surface area (Å²) in [5.74, 6) is 0.0386. The van der Waals surface area contributed by atoms with Crippen molar-refractivity contribution in [2.45, 2.75) is 51.6 Å². The average Bonchev–Trinajstić information content (AvgIpc) is 2.73. The summed E-state index contributed by atoms with van der Waals surface area (Å²) in [6.07, 6.45) is 7.78. The van der Waals surface area contributed by atoms with Gasteiger partial charge in [0.05, 0.1) is 11.9 Å². The lowest BCUT2D eigenvalue weighted by Gasteiger charge is -2.37. The molecule has 1 unspecified atom stereocenters. The molecule has 0 saturated carbocycles. The van der Waals surface area contributed by atoms with Gasteiger partial charge in [-0.25, -0.2) is 4.98 Å². The van der Waals surface area contributed by atoms with Crippen molar-refractivity contribution in [3.05, 3.63) is 59.4 Å². The van der Waals surface area contributed by atoms with Crippen molar-refractivity contribution in [1.82, 2.24) is 9.88 Å². The number of hydrogen-bond acceptors (Lipinski definition) is 3. The minimum atomic E-state index is 0.0386. The van der Waals surface area contributed by atoms with E-state index in [-0.39, 0.29) is 5.91 Å². The molecular weight excluding hydrogens is 322 g/mol. The zero-order chi connectivity index (χ0) is 17.9. The van der Waals surface area contributed by atoms with Gasteiger partial charge in [0, 0.05) is 25.7 Å². The van der Waals surface area contributed by atoms with E-state index in [9.17, 15) is 4.79 Å². The molecule has 0 bridgehead atoms. The number of carbonyl (C=O) groups is 1. The first-order chi connectivity index (χ1) is 12.8. The first-order valence-corrected chi connectivity index (χ1v) is 9.85. The van der Waals surface area contributed by atoms with E-state index in [1.165, 1.54) is 30.4 Å². The van der Waals surface area contributed by atoms with Gasteiger partial charge < -0.3 is 9.80 Å². The van der Waals surface area contributed by atoms with Crippen LogP contribution in [0.5, 0.6) is 0 Å². The normalized spacial score (nSPS) is 20.0. The molecule has 0 radical (unpaired) electrons. The Balaban J connectivity index is 1.48. The summed E-state index contributed by atoms with van der Waals surface area (Å²) in [6.45, 7) is 4.80. The summed E-state index contributed by atoms with van der Waals surface area (Å²) >= 11 is 0. The zero-order valence-electron chi connectivity index (χ0n) is 15.5. The Hall–Kier alpha value is -2.36. The van der Waals surface area contributed by atoms with Crippen LogP contribution in [0.3, 0.4) is 0 Å². The van der Waals surface area contributed by atoms with Gasteiger partial charge in [0.15, 0.2) is 0 Å². The van der Waals surface area contributed by atoms with Gasteiger partial charge in [0.25, 0.3) is 5.91 Å². The van der Waals surface area contributed by atoms with E-state index in [0.717, 1.165) is 31.6 Å². The maximum Gasteiger partial charge on any atom is 0.272 e. The fraction of sp³-hybridized carbons (Fsp3) is 0.455. The molecule has 136 valence electrons. The molecule has 4 nitrogen and oxygen atoms in total. The molecule has 26 heavy (non-hydrogen) atoms. The highest BCUT2D eigenvalue weighted by molar-refractivity contribution is 5.92.